The summed E-state index contributed by atoms with van der Waals surface area (Å²) < 4.78 is 0. The van der Waals surface area contributed by atoms with Gasteiger partial charge in [-0.2, -0.15) is 0 Å². The van der Waals surface area contributed by atoms with Crippen molar-refractivity contribution < 1.29 is 83.1 Å². The monoisotopic (exact) mass is 1580 g/mol. The third-order valence-electron chi connectivity index (χ3n) is 20.7. The van der Waals surface area contributed by atoms with Crippen molar-refractivity contribution in [2.75, 3.05) is 59.5 Å². The van der Waals surface area contributed by atoms with Crippen molar-refractivity contribution in [3.05, 3.63) is 126 Å². The molecule has 1 aromatic heterocycles. The van der Waals surface area contributed by atoms with Crippen molar-refractivity contribution >= 4 is 81.2 Å². The molecular weight excluding hydrogens is 1460 g/mol. The number of aromatic nitrogens is 1. The number of hydrogen-bond acceptors (Lipinski definition) is 21. The van der Waals surface area contributed by atoms with Crippen LogP contribution in [0.25, 0.3) is 10.9 Å². The number of aliphatic carboxylic acids is 1. The SMILES string of the molecule is CCC[C@H]1CCCCNCCCCN(CC(=O)CC)CC1=O.CN[C@@H](Cc1ccc(O)cc1)C(=O)C[C@H]1CCCCCCCCCN(CC(=O)N[C@@H](Cc2ccc(O)cc2)C(=O)O)N[C@@H](CC(C)C)C(=O)C(=O)C(Cc2ccc(O)cc2)NC(=O)[C@H](CCC(N)=O)NC(=O)C(CO)NC(=O)[C@H](Cc2c[nH]c3ccccc23)NC1=O. The fourth-order valence-corrected chi connectivity index (χ4v) is 14.2. The number of hydrazine groups is 1. The lowest BCUT2D eigenvalue weighted by molar-refractivity contribution is -0.142. The molecule has 7 rings (SSSR count). The van der Waals surface area contributed by atoms with Crippen molar-refractivity contribution in [2.45, 2.75) is 224 Å². The maximum Gasteiger partial charge on any atom is 0.326 e. The van der Waals surface area contributed by atoms with Crippen LogP contribution < -0.4 is 48.4 Å². The molecule has 2 unspecified atom stereocenters. The number of aliphatic hydroxyl groups excluding tert-OH is 1. The largest absolute Gasteiger partial charge is 0.508 e. The zero-order valence-electron chi connectivity index (χ0n) is 66.8. The number of aromatic amines is 1. The molecule has 3 heterocycles. The summed E-state index contributed by atoms with van der Waals surface area (Å²) in [5.74, 6) is -9.66. The minimum atomic E-state index is -1.80. The summed E-state index contributed by atoms with van der Waals surface area (Å²) in [6, 6.07) is 15.0. The van der Waals surface area contributed by atoms with Gasteiger partial charge in [-0.3, -0.25) is 57.6 Å². The van der Waals surface area contributed by atoms with Crippen LogP contribution in [0.1, 0.15) is 178 Å². The van der Waals surface area contributed by atoms with Crippen LogP contribution in [0, 0.1) is 17.8 Å². The predicted octanol–water partition coefficient (Wildman–Crippen LogP) is 5.79. The Kier molecular flexibility index (Phi) is 40.6. The van der Waals surface area contributed by atoms with E-state index in [2.05, 4.69) is 59.5 Å². The van der Waals surface area contributed by atoms with E-state index in [-0.39, 0.29) is 92.1 Å². The molecule has 4 aromatic carbocycles. The highest BCUT2D eigenvalue weighted by Crippen LogP contribution is 2.25. The molecule has 0 radical (unpaired) electrons. The number of fused-ring (bicyclic) bond motifs is 1. The van der Waals surface area contributed by atoms with Gasteiger partial charge in [0.1, 0.15) is 53.0 Å². The maximum atomic E-state index is 14.9. The van der Waals surface area contributed by atoms with Gasteiger partial charge in [-0.25, -0.2) is 15.2 Å². The van der Waals surface area contributed by atoms with E-state index in [1.165, 1.54) is 65.7 Å². The Morgan fingerprint density at radius 3 is 1.72 bits per heavy atom. The minimum Gasteiger partial charge on any atom is -0.508 e. The quantitative estimate of drug-likeness (QED) is 0.0277. The third-order valence-corrected chi connectivity index (χ3v) is 20.7. The summed E-state index contributed by atoms with van der Waals surface area (Å²) in [5, 5.41) is 72.5. The summed E-state index contributed by atoms with van der Waals surface area (Å²) >= 11 is 0. The Morgan fingerprint density at radius 1 is 0.579 bits per heavy atom. The number of nitrogens with zero attached hydrogens (tertiary/aromatic N) is 2. The number of rotatable bonds is 27. The first kappa shape index (κ1) is 93.1. The third kappa shape index (κ3) is 33.0. The number of carboxylic acid groups (broad SMARTS) is 1. The average molecular weight is 1580 g/mol. The van der Waals surface area contributed by atoms with E-state index in [1.54, 1.807) is 45.3 Å². The smallest absolute Gasteiger partial charge is 0.326 e. The lowest BCUT2D eigenvalue weighted by Crippen LogP contribution is -2.60. The number of benzene rings is 4. The van der Waals surface area contributed by atoms with Gasteiger partial charge in [0.25, 0.3) is 0 Å². The molecule has 9 atom stereocenters. The second-order valence-corrected chi connectivity index (χ2v) is 30.5. The van der Waals surface area contributed by atoms with Gasteiger partial charge in [0, 0.05) is 74.0 Å². The first-order valence-electron chi connectivity index (χ1n) is 40.5. The van der Waals surface area contributed by atoms with Crippen LogP contribution in [0.4, 0.5) is 0 Å². The van der Waals surface area contributed by atoms with E-state index in [0.29, 0.717) is 74.1 Å². The predicted molar refractivity (Wildman–Crippen MR) is 432 cm³/mol. The molecule has 624 valence electrons. The van der Waals surface area contributed by atoms with E-state index in [1.807, 2.05) is 25.1 Å². The van der Waals surface area contributed by atoms with E-state index in [9.17, 15) is 83.1 Å². The van der Waals surface area contributed by atoms with E-state index in [4.69, 9.17) is 5.73 Å². The first-order chi connectivity index (χ1) is 54.7. The highest BCUT2D eigenvalue weighted by molar-refractivity contribution is 6.41. The number of hydrogen-bond donors (Lipinski definition) is 15. The maximum absolute atomic E-state index is 14.9. The van der Waals surface area contributed by atoms with Crippen molar-refractivity contribution in [3.8, 4) is 17.2 Å². The molecule has 16 N–H and O–H groups in total. The number of nitrogens with one attached hydrogen (secondary N) is 9. The summed E-state index contributed by atoms with van der Waals surface area (Å²) in [4.78, 5) is 171. The lowest BCUT2D eigenvalue weighted by Gasteiger charge is -2.30. The van der Waals surface area contributed by atoms with Crippen LogP contribution in [-0.2, 0) is 83.2 Å². The summed E-state index contributed by atoms with van der Waals surface area (Å²) in [6.45, 7) is 10.1. The number of aliphatic hydroxyl groups is 1. The Bertz CT molecular complexity index is 3910. The molecule has 2 aliphatic heterocycles. The van der Waals surface area contributed by atoms with Crippen LogP contribution in [0.15, 0.2) is 103 Å². The highest BCUT2D eigenvalue weighted by Gasteiger charge is 2.38. The molecule has 6 amide bonds. The minimum absolute atomic E-state index is 0.0292. The first-order valence-corrected chi connectivity index (χ1v) is 40.5. The average Bonchev–Trinajstić information content (AvgIpc) is 1.68. The zero-order chi connectivity index (χ0) is 83.1. The second-order valence-electron chi connectivity index (χ2n) is 30.5. The number of nitrogens with two attached hydrogens (primary N) is 1. The summed E-state index contributed by atoms with van der Waals surface area (Å²) in [7, 11) is 1.63. The molecule has 0 bridgehead atoms. The Labute approximate surface area is 668 Å². The van der Waals surface area contributed by atoms with Gasteiger partial charge >= 0.3 is 5.97 Å². The zero-order valence-corrected chi connectivity index (χ0v) is 66.8. The lowest BCUT2D eigenvalue weighted by atomic mass is 9.90. The second kappa shape index (κ2) is 49.8. The van der Waals surface area contributed by atoms with Crippen molar-refractivity contribution in [2.24, 2.45) is 23.5 Å². The van der Waals surface area contributed by atoms with Gasteiger partial charge in [-0.15, -0.1) is 0 Å². The molecule has 5 aromatic rings. The number of likely N-dealkylation sites (N-methyl/N-ethyl adjacent to an activating group) is 1. The molecule has 2 fully saturated rings. The molecule has 29 nitrogen and oxygen atoms in total. The Morgan fingerprint density at radius 2 is 1.11 bits per heavy atom. The van der Waals surface area contributed by atoms with Gasteiger partial charge in [-0.1, -0.05) is 134 Å². The van der Waals surface area contributed by atoms with Crippen LogP contribution >= 0.6 is 0 Å². The number of primary amides is 1. The normalized spacial score (nSPS) is 21.3. The number of carbonyl (C=O) groups excluding carboxylic acids is 11. The molecule has 0 aliphatic carbocycles. The molecule has 2 aliphatic rings. The highest BCUT2D eigenvalue weighted by atomic mass is 16.4. The van der Waals surface area contributed by atoms with Crippen LogP contribution in [0.3, 0.4) is 0 Å². The molecular formula is C85H122N12O17. The molecule has 0 spiro atoms. The van der Waals surface area contributed by atoms with Crippen molar-refractivity contribution in [3.63, 3.8) is 0 Å². The Balaban J connectivity index is 0.000000790. The van der Waals surface area contributed by atoms with Crippen molar-refractivity contribution in [1.29, 1.82) is 0 Å². The van der Waals surface area contributed by atoms with Crippen molar-refractivity contribution in [1.82, 2.24) is 57.5 Å². The van der Waals surface area contributed by atoms with Crippen LogP contribution in [-0.4, -0.2) is 213 Å². The molecule has 0 saturated carbocycles. The number of phenols is 3. The summed E-state index contributed by atoms with van der Waals surface area (Å²) in [6.07, 6.45) is 12.8. The number of carboxylic acids is 1. The number of para-hydroxylation sites is 1. The van der Waals surface area contributed by atoms with Gasteiger partial charge in [0.05, 0.1) is 44.4 Å². The molecule has 114 heavy (non-hydrogen) atoms. The van der Waals surface area contributed by atoms with Gasteiger partial charge in [-0.05, 0) is 162 Å². The molecule has 2 saturated heterocycles. The topological polar surface area (TPSA) is 451 Å². The van der Waals surface area contributed by atoms with Gasteiger partial charge in [0.2, 0.25) is 47.0 Å². The van der Waals surface area contributed by atoms with E-state index >= 15 is 0 Å². The van der Waals surface area contributed by atoms with Gasteiger partial charge in [0.15, 0.2) is 5.78 Å². The number of H-pyrrole nitrogens is 1. The van der Waals surface area contributed by atoms with Gasteiger partial charge < -0.3 is 73.5 Å². The van der Waals surface area contributed by atoms with Crippen LogP contribution in [0.5, 0.6) is 17.2 Å². The Hall–Kier alpha value is -9.78. The number of phenolic OH excluding ortho intramolecular Hbond substituents is 3. The number of carbonyl (C=O) groups is 12. The number of aromatic hydroxyl groups is 3. The number of ketones is 5. The number of Topliss-reactive ketones (excluding diaryl/α,β-unsaturated/α-hetero) is 5. The van der Waals surface area contributed by atoms with E-state index < -0.39 is 127 Å². The molecule has 29 heteroatoms. The van der Waals surface area contributed by atoms with E-state index in [0.717, 1.165) is 93.9 Å². The summed E-state index contributed by atoms with van der Waals surface area (Å²) in [5.41, 5.74) is 11.6. The van der Waals surface area contributed by atoms with Crippen LogP contribution in [0.2, 0.25) is 0 Å². The standard InChI is InChI=1S/C67H88N10O15.C18H34N2O2/c1-40(2)31-54-62(86)61(85)53(33-42-18-24-47(80)25-19-42)73-64(88)51(28-29-59(68)83)72-66(90)57(39-78)75-65(89)55(35-45-37-70-50-15-11-10-14-49(45)50)74-63(87)44(36-58(82)52(69-3)32-41-16-22-46(79)23-17-41)13-9-7-5-4-6-8-12-30-77(76-54)38-60(84)71-56(67(91)92)34-43-20-26-48(81)27-21-43;1-3-9-16-10-5-6-11-19-12-7-8-13-20(15-18(16)22)14-17(21)4-2/h10-11,14-27,37,40,44,51-57,69-70,76,78-81H,4-9,12-13,28-36,38-39H2,1-3H3,(H2,68,83)(H,71,84)(H,72,90)(H,73,88)(H,74,87)(H,75,89)(H,91,92);16,19H,3-15H2,1-2H3/t44-,51+,52+,53?,54+,55+,56+,57?;16-/m10/s1. The fourth-order valence-electron chi connectivity index (χ4n) is 14.2. The number of amides is 6. The fraction of sp³-hybridized carbons (Fsp3) is 0.553.